The second-order valence-electron chi connectivity index (χ2n) is 7.06. The second kappa shape index (κ2) is 8.88. The third kappa shape index (κ3) is 5.08. The monoisotopic (exact) mass is 324 g/mol. The van der Waals surface area contributed by atoms with E-state index in [4.69, 9.17) is 4.99 Å². The molecule has 0 bridgehead atoms. The Morgan fingerprint density at radius 1 is 1.22 bits per heavy atom. The lowest BCUT2D eigenvalue weighted by molar-refractivity contribution is 0.0130. The minimum absolute atomic E-state index is 0.543. The summed E-state index contributed by atoms with van der Waals surface area (Å²) in [5, 5.41) is 14.1. The molecule has 1 atom stereocenters. The van der Waals surface area contributed by atoms with Crippen LogP contribution in [0.1, 0.15) is 59.3 Å². The van der Waals surface area contributed by atoms with E-state index >= 15 is 0 Å². The van der Waals surface area contributed by atoms with Gasteiger partial charge in [-0.1, -0.05) is 33.1 Å². The van der Waals surface area contributed by atoms with E-state index < -0.39 is 5.60 Å². The summed E-state index contributed by atoms with van der Waals surface area (Å²) in [6.45, 7) is 12.4. The van der Waals surface area contributed by atoms with Crippen molar-refractivity contribution in [3.05, 3.63) is 0 Å². The highest BCUT2D eigenvalue weighted by molar-refractivity contribution is 5.80. The van der Waals surface area contributed by atoms with Crippen molar-refractivity contribution in [2.24, 2.45) is 4.99 Å². The van der Waals surface area contributed by atoms with Gasteiger partial charge in [0, 0.05) is 25.7 Å². The number of nitrogens with one attached hydrogen (secondary N) is 1. The maximum atomic E-state index is 10.7. The van der Waals surface area contributed by atoms with Gasteiger partial charge in [0.2, 0.25) is 0 Å². The first kappa shape index (κ1) is 18.5. The summed E-state index contributed by atoms with van der Waals surface area (Å²) in [5.41, 5.74) is -0.573. The molecule has 2 aliphatic rings. The highest BCUT2D eigenvalue weighted by Crippen LogP contribution is 2.28. The third-order valence-corrected chi connectivity index (χ3v) is 5.43. The number of likely N-dealkylation sites (N-methyl/N-ethyl adjacent to an activating group) is 1. The van der Waals surface area contributed by atoms with Gasteiger partial charge in [-0.2, -0.15) is 0 Å². The number of aliphatic imine (C=N–C) groups is 1. The number of guanidine groups is 1. The van der Waals surface area contributed by atoms with Crippen LogP contribution in [0.2, 0.25) is 0 Å². The van der Waals surface area contributed by atoms with E-state index in [0.29, 0.717) is 12.6 Å². The molecule has 2 rings (SSSR count). The zero-order valence-corrected chi connectivity index (χ0v) is 15.4. The summed E-state index contributed by atoms with van der Waals surface area (Å²) < 4.78 is 0. The molecule has 5 nitrogen and oxygen atoms in total. The van der Waals surface area contributed by atoms with Crippen LogP contribution < -0.4 is 5.32 Å². The van der Waals surface area contributed by atoms with Gasteiger partial charge in [0.15, 0.2) is 5.96 Å². The van der Waals surface area contributed by atoms with Crippen molar-refractivity contribution in [2.75, 3.05) is 39.3 Å². The molecule has 0 amide bonds. The molecule has 1 saturated heterocycles. The lowest BCUT2D eigenvalue weighted by atomic mass is 9.85. The van der Waals surface area contributed by atoms with E-state index in [1.54, 1.807) is 0 Å². The predicted molar refractivity (Wildman–Crippen MR) is 96.9 cm³/mol. The molecule has 0 aromatic heterocycles. The topological polar surface area (TPSA) is 51.1 Å². The first-order valence-corrected chi connectivity index (χ1v) is 9.61. The molecule has 134 valence electrons. The number of hydrogen-bond donors (Lipinski definition) is 2. The molecule has 0 aromatic carbocycles. The largest absolute Gasteiger partial charge is 0.388 e. The Balaban J connectivity index is 1.96. The molecular weight excluding hydrogens is 288 g/mol. The van der Waals surface area contributed by atoms with Crippen LogP contribution in [0.5, 0.6) is 0 Å². The van der Waals surface area contributed by atoms with Gasteiger partial charge in [0.1, 0.15) is 0 Å². The first-order chi connectivity index (χ1) is 11.1. The van der Waals surface area contributed by atoms with Gasteiger partial charge in [-0.25, -0.2) is 0 Å². The van der Waals surface area contributed by atoms with Gasteiger partial charge in [0.25, 0.3) is 0 Å². The molecule has 23 heavy (non-hydrogen) atoms. The fourth-order valence-electron chi connectivity index (χ4n) is 3.99. The molecule has 0 radical (unpaired) electrons. The summed E-state index contributed by atoms with van der Waals surface area (Å²) in [7, 11) is 0. The van der Waals surface area contributed by atoms with E-state index in [0.717, 1.165) is 64.4 Å². The summed E-state index contributed by atoms with van der Waals surface area (Å²) in [5.74, 6) is 0.987. The quantitative estimate of drug-likeness (QED) is 0.580. The third-order valence-electron chi connectivity index (χ3n) is 5.43. The van der Waals surface area contributed by atoms with E-state index in [1.165, 1.54) is 12.8 Å². The van der Waals surface area contributed by atoms with Gasteiger partial charge >= 0.3 is 0 Å². The van der Waals surface area contributed by atoms with Crippen LogP contribution >= 0.6 is 0 Å². The van der Waals surface area contributed by atoms with Crippen molar-refractivity contribution in [1.82, 2.24) is 15.1 Å². The Bertz CT molecular complexity index is 375. The van der Waals surface area contributed by atoms with Crippen LogP contribution in [-0.4, -0.2) is 71.8 Å². The fraction of sp³-hybridized carbons (Fsp3) is 0.944. The Hall–Kier alpha value is -0.810. The number of likely N-dealkylation sites (tertiary alicyclic amines) is 1. The smallest absolute Gasteiger partial charge is 0.194 e. The van der Waals surface area contributed by atoms with Gasteiger partial charge in [-0.05, 0) is 39.3 Å². The minimum atomic E-state index is -0.573. The maximum Gasteiger partial charge on any atom is 0.194 e. The van der Waals surface area contributed by atoms with E-state index in [9.17, 15) is 5.11 Å². The van der Waals surface area contributed by atoms with Crippen molar-refractivity contribution in [3.8, 4) is 0 Å². The van der Waals surface area contributed by atoms with Crippen molar-refractivity contribution >= 4 is 5.96 Å². The summed E-state index contributed by atoms with van der Waals surface area (Å²) in [4.78, 5) is 9.71. The molecular formula is C18H36N4O. The SMILES string of the molecule is CCNC(=NCC1(O)CCCCC1)N1CCC(N(CC)CC)C1. The molecule has 1 heterocycles. The number of aliphatic hydroxyl groups is 1. The van der Waals surface area contributed by atoms with Crippen LogP contribution in [-0.2, 0) is 0 Å². The van der Waals surface area contributed by atoms with Crippen LogP contribution in [0.3, 0.4) is 0 Å². The second-order valence-corrected chi connectivity index (χ2v) is 7.06. The molecule has 1 aliphatic carbocycles. The number of rotatable bonds is 6. The van der Waals surface area contributed by atoms with Crippen molar-refractivity contribution in [2.45, 2.75) is 70.9 Å². The van der Waals surface area contributed by atoms with Gasteiger partial charge in [0.05, 0.1) is 12.1 Å². The Morgan fingerprint density at radius 2 is 1.91 bits per heavy atom. The van der Waals surface area contributed by atoms with Gasteiger partial charge < -0.3 is 15.3 Å². The normalized spacial score (nSPS) is 25.2. The van der Waals surface area contributed by atoms with Crippen molar-refractivity contribution in [3.63, 3.8) is 0 Å². The molecule has 0 aromatic rings. The fourth-order valence-corrected chi connectivity index (χ4v) is 3.99. The molecule has 2 N–H and O–H groups in total. The molecule has 1 saturated carbocycles. The van der Waals surface area contributed by atoms with Crippen molar-refractivity contribution < 1.29 is 5.11 Å². The Morgan fingerprint density at radius 3 is 2.52 bits per heavy atom. The molecule has 0 spiro atoms. The van der Waals surface area contributed by atoms with Gasteiger partial charge in [-0.15, -0.1) is 0 Å². The molecule has 1 unspecified atom stereocenters. The van der Waals surface area contributed by atoms with Crippen LogP contribution in [0.4, 0.5) is 0 Å². The highest BCUT2D eigenvalue weighted by atomic mass is 16.3. The lowest BCUT2D eigenvalue weighted by Gasteiger charge is -2.31. The minimum Gasteiger partial charge on any atom is -0.388 e. The molecule has 2 fully saturated rings. The first-order valence-electron chi connectivity index (χ1n) is 9.61. The standard InChI is InChI=1S/C18H36N4O/c1-4-19-17(20-15-18(23)11-8-7-9-12-18)22-13-10-16(14-22)21(5-2)6-3/h16,23H,4-15H2,1-3H3,(H,19,20). The Labute approximate surface area is 142 Å². The average molecular weight is 325 g/mol. The Kier molecular flexibility index (Phi) is 7.15. The number of hydrogen-bond acceptors (Lipinski definition) is 3. The van der Waals surface area contributed by atoms with E-state index in [-0.39, 0.29) is 0 Å². The average Bonchev–Trinajstić information content (AvgIpc) is 3.03. The zero-order chi connectivity index (χ0) is 16.7. The number of nitrogens with zero attached hydrogens (tertiary/aromatic N) is 3. The van der Waals surface area contributed by atoms with Crippen LogP contribution in [0.15, 0.2) is 4.99 Å². The maximum absolute atomic E-state index is 10.7. The summed E-state index contributed by atoms with van der Waals surface area (Å²) in [6, 6.07) is 0.631. The van der Waals surface area contributed by atoms with Crippen LogP contribution in [0, 0.1) is 0 Å². The highest BCUT2D eigenvalue weighted by Gasteiger charge is 2.31. The van der Waals surface area contributed by atoms with E-state index in [2.05, 4.69) is 35.9 Å². The van der Waals surface area contributed by atoms with Crippen molar-refractivity contribution in [1.29, 1.82) is 0 Å². The van der Waals surface area contributed by atoms with Crippen LogP contribution in [0.25, 0.3) is 0 Å². The summed E-state index contributed by atoms with van der Waals surface area (Å²) >= 11 is 0. The predicted octanol–water partition coefficient (Wildman–Crippen LogP) is 2.06. The molecule has 1 aliphatic heterocycles. The molecule has 5 heteroatoms. The lowest BCUT2D eigenvalue weighted by Crippen LogP contribution is -2.44. The van der Waals surface area contributed by atoms with Gasteiger partial charge in [-0.3, -0.25) is 9.89 Å². The summed E-state index contributed by atoms with van der Waals surface area (Å²) in [6.07, 6.45) is 6.53. The zero-order valence-electron chi connectivity index (χ0n) is 15.4. The van der Waals surface area contributed by atoms with E-state index in [1.807, 2.05) is 0 Å².